The number of aliphatic hydroxyl groups is 1. The van der Waals surface area contributed by atoms with E-state index in [1.807, 2.05) is 6.92 Å². The number of hydrogen-bond acceptors (Lipinski definition) is 6. The molecule has 6 rings (SSSR count). The van der Waals surface area contributed by atoms with Gasteiger partial charge < -0.3 is 9.84 Å². The van der Waals surface area contributed by atoms with Gasteiger partial charge in [-0.2, -0.15) is 0 Å². The zero-order valence-corrected chi connectivity index (χ0v) is 20.4. The average molecular weight is 521 g/mol. The fourth-order valence-corrected chi connectivity index (χ4v) is 5.85. The summed E-state index contributed by atoms with van der Waals surface area (Å²) in [5, 5.41) is 12.1. The number of carbonyl (C=O) groups is 2. The summed E-state index contributed by atoms with van der Waals surface area (Å²) in [6.45, 7) is 1.95. The molecule has 1 amide bonds. The second-order valence-electron chi connectivity index (χ2n) is 8.78. The first-order chi connectivity index (χ1) is 17.3. The Balaban J connectivity index is 1.53. The zero-order chi connectivity index (χ0) is 25.1. The second kappa shape index (κ2) is 8.43. The highest BCUT2D eigenvalue weighted by atomic mass is 35.5. The molecule has 0 bridgehead atoms. The highest BCUT2D eigenvalue weighted by molar-refractivity contribution is 7.22. The van der Waals surface area contributed by atoms with Gasteiger partial charge in [0.2, 0.25) is 0 Å². The molecule has 0 radical (unpaired) electrons. The predicted octanol–water partition coefficient (Wildman–Crippen LogP) is 6.04. The molecule has 4 aromatic rings. The average Bonchev–Trinajstić information content (AvgIpc) is 3.51. The van der Waals surface area contributed by atoms with E-state index in [4.69, 9.17) is 16.3 Å². The van der Waals surface area contributed by atoms with E-state index >= 15 is 0 Å². The van der Waals surface area contributed by atoms with E-state index < -0.39 is 23.5 Å². The molecule has 2 atom stereocenters. The normalized spacial score (nSPS) is 20.7. The number of benzene rings is 3. The molecule has 1 fully saturated rings. The molecule has 2 aliphatic rings. The first-order valence-corrected chi connectivity index (χ1v) is 12.4. The monoisotopic (exact) mass is 520 g/mol. The fraction of sp³-hybridized carbons (Fsp3) is 0.148. The topological polar surface area (TPSA) is 79.7 Å². The number of fused-ring (bicyclic) bond motifs is 2. The molecule has 0 unspecified atom stereocenters. The van der Waals surface area contributed by atoms with Crippen molar-refractivity contribution in [3.8, 4) is 5.75 Å². The van der Waals surface area contributed by atoms with Crippen molar-refractivity contribution in [1.29, 1.82) is 0 Å². The highest BCUT2D eigenvalue weighted by Crippen LogP contribution is 2.45. The predicted molar refractivity (Wildman–Crippen MR) is 136 cm³/mol. The van der Waals surface area contributed by atoms with Crippen LogP contribution < -0.4 is 9.64 Å². The van der Waals surface area contributed by atoms with Crippen LogP contribution >= 0.6 is 22.9 Å². The van der Waals surface area contributed by atoms with Crippen molar-refractivity contribution < 1.29 is 23.8 Å². The molecule has 1 aromatic heterocycles. The second-order valence-corrected chi connectivity index (χ2v) is 10.2. The van der Waals surface area contributed by atoms with Crippen LogP contribution in [0, 0.1) is 5.82 Å². The largest absolute Gasteiger partial charge is 0.507 e. The molecule has 6 nitrogen and oxygen atoms in total. The smallest absolute Gasteiger partial charge is 0.301 e. The van der Waals surface area contributed by atoms with Gasteiger partial charge in [0.05, 0.1) is 21.8 Å². The lowest BCUT2D eigenvalue weighted by molar-refractivity contribution is -0.132. The highest BCUT2D eigenvalue weighted by Gasteiger charge is 2.48. The van der Waals surface area contributed by atoms with E-state index in [0.717, 1.165) is 22.6 Å². The van der Waals surface area contributed by atoms with Gasteiger partial charge in [0, 0.05) is 17.0 Å². The quantitative estimate of drug-likeness (QED) is 0.202. The Bertz CT molecular complexity index is 1600. The van der Waals surface area contributed by atoms with Crippen LogP contribution in [0.4, 0.5) is 9.52 Å². The van der Waals surface area contributed by atoms with Crippen molar-refractivity contribution in [1.82, 2.24) is 4.98 Å². The van der Waals surface area contributed by atoms with Gasteiger partial charge in [-0.1, -0.05) is 35.1 Å². The van der Waals surface area contributed by atoms with Gasteiger partial charge in [-0.3, -0.25) is 14.5 Å². The zero-order valence-electron chi connectivity index (χ0n) is 18.9. The summed E-state index contributed by atoms with van der Waals surface area (Å²) in [5.41, 5.74) is 2.34. The molecule has 0 saturated carbocycles. The minimum Gasteiger partial charge on any atom is -0.507 e. The van der Waals surface area contributed by atoms with Crippen LogP contribution in [0.1, 0.15) is 29.7 Å². The molecular weight excluding hydrogens is 503 g/mol. The molecule has 9 heteroatoms. The summed E-state index contributed by atoms with van der Waals surface area (Å²) in [6, 6.07) is 15.1. The maximum absolute atomic E-state index is 13.8. The maximum Gasteiger partial charge on any atom is 0.301 e. The molecule has 36 heavy (non-hydrogen) atoms. The summed E-state index contributed by atoms with van der Waals surface area (Å²) in [4.78, 5) is 32.5. The molecule has 2 aliphatic heterocycles. The Hall–Kier alpha value is -3.75. The van der Waals surface area contributed by atoms with Crippen LogP contribution in [0.2, 0.25) is 5.02 Å². The SMILES string of the molecule is C[C@H]1Cc2cc(C(O)=C3C(=O)C(=O)N(c4nc5ccc(F)cc5s4)[C@H]3c3ccc(Cl)cc3)ccc2O1. The number of thiazole rings is 1. The van der Waals surface area contributed by atoms with Gasteiger partial charge in [0.25, 0.3) is 5.78 Å². The fourth-order valence-electron chi connectivity index (χ4n) is 4.70. The van der Waals surface area contributed by atoms with E-state index in [-0.39, 0.29) is 22.6 Å². The van der Waals surface area contributed by atoms with Crippen LogP contribution in [0.5, 0.6) is 5.75 Å². The van der Waals surface area contributed by atoms with E-state index in [0.29, 0.717) is 32.8 Å². The first-order valence-electron chi connectivity index (χ1n) is 11.2. The first kappa shape index (κ1) is 22.7. The third-order valence-electron chi connectivity index (χ3n) is 6.34. The summed E-state index contributed by atoms with van der Waals surface area (Å²) in [7, 11) is 0. The van der Waals surface area contributed by atoms with Crippen LogP contribution in [0.15, 0.2) is 66.2 Å². The van der Waals surface area contributed by atoms with E-state index in [9.17, 15) is 19.1 Å². The number of ether oxygens (including phenoxy) is 1. The molecular formula is C27H18ClFN2O4S. The van der Waals surface area contributed by atoms with Crippen molar-refractivity contribution in [2.45, 2.75) is 25.5 Å². The Morgan fingerprint density at radius 1 is 1.14 bits per heavy atom. The third-order valence-corrected chi connectivity index (χ3v) is 7.61. The number of carbonyl (C=O) groups excluding carboxylic acids is 2. The molecule has 1 N–H and O–H groups in total. The van der Waals surface area contributed by atoms with Crippen LogP contribution in [-0.4, -0.2) is 27.9 Å². The summed E-state index contributed by atoms with van der Waals surface area (Å²) >= 11 is 7.19. The van der Waals surface area contributed by atoms with Gasteiger partial charge in [0.1, 0.15) is 23.4 Å². The molecule has 180 valence electrons. The van der Waals surface area contributed by atoms with Gasteiger partial charge in [-0.05, 0) is 66.6 Å². The van der Waals surface area contributed by atoms with Crippen LogP contribution in [0.25, 0.3) is 16.0 Å². The molecule has 0 aliphatic carbocycles. The van der Waals surface area contributed by atoms with E-state index in [1.54, 1.807) is 42.5 Å². The Kier molecular flexibility index (Phi) is 5.31. The lowest BCUT2D eigenvalue weighted by atomic mass is 9.94. The van der Waals surface area contributed by atoms with E-state index in [1.165, 1.54) is 23.1 Å². The molecule has 1 saturated heterocycles. The molecule has 0 spiro atoms. The van der Waals surface area contributed by atoms with Crippen molar-refractivity contribution in [2.24, 2.45) is 0 Å². The number of ketones is 1. The number of Topliss-reactive ketones (excluding diaryl/α,β-unsaturated/α-hetero) is 1. The van der Waals surface area contributed by atoms with Gasteiger partial charge in [-0.25, -0.2) is 9.37 Å². The Morgan fingerprint density at radius 2 is 1.92 bits per heavy atom. The third kappa shape index (κ3) is 3.65. The number of halogens is 2. The summed E-state index contributed by atoms with van der Waals surface area (Å²) in [5.74, 6) is -1.64. The standard InChI is InChI=1S/C27H18ClFN2O4S/c1-13-10-16-11-15(4-9-20(16)35-13)24(32)22-23(14-2-5-17(28)6-3-14)31(26(34)25(22)33)27-30-19-8-7-18(29)12-21(19)36-27/h2-9,11-13,23,32H,10H2,1H3/t13-,23-/m0/s1. The lowest BCUT2D eigenvalue weighted by Crippen LogP contribution is -2.29. The number of hydrogen-bond donors (Lipinski definition) is 1. The molecule has 3 heterocycles. The Morgan fingerprint density at radius 3 is 2.69 bits per heavy atom. The lowest BCUT2D eigenvalue weighted by Gasteiger charge is -2.23. The van der Waals surface area contributed by atoms with Crippen LogP contribution in [0.3, 0.4) is 0 Å². The number of anilines is 1. The van der Waals surface area contributed by atoms with Gasteiger partial charge in [-0.15, -0.1) is 0 Å². The summed E-state index contributed by atoms with van der Waals surface area (Å²) in [6.07, 6.45) is 0.689. The van der Waals surface area contributed by atoms with Crippen molar-refractivity contribution in [3.05, 3.63) is 93.8 Å². The number of aliphatic hydroxyl groups excluding tert-OH is 1. The number of amides is 1. The van der Waals surface area contributed by atoms with Crippen molar-refractivity contribution in [3.63, 3.8) is 0 Å². The van der Waals surface area contributed by atoms with Gasteiger partial charge >= 0.3 is 5.91 Å². The van der Waals surface area contributed by atoms with Crippen molar-refractivity contribution in [2.75, 3.05) is 4.90 Å². The van der Waals surface area contributed by atoms with Crippen LogP contribution in [-0.2, 0) is 16.0 Å². The maximum atomic E-state index is 13.8. The minimum absolute atomic E-state index is 0.0147. The Labute approximate surface area is 214 Å². The van der Waals surface area contributed by atoms with E-state index in [2.05, 4.69) is 4.98 Å². The molecule has 3 aromatic carbocycles. The van der Waals surface area contributed by atoms with Crippen molar-refractivity contribution >= 4 is 55.7 Å². The number of rotatable bonds is 3. The minimum atomic E-state index is -0.948. The summed E-state index contributed by atoms with van der Waals surface area (Å²) < 4.78 is 20.1. The number of aromatic nitrogens is 1. The van der Waals surface area contributed by atoms with Gasteiger partial charge in [0.15, 0.2) is 5.13 Å². The number of nitrogens with zero attached hydrogens (tertiary/aromatic N) is 2.